The lowest BCUT2D eigenvalue weighted by atomic mass is 10.2. The van der Waals surface area contributed by atoms with Gasteiger partial charge in [-0.2, -0.15) is 4.72 Å². The largest absolute Gasteiger partial charge is 0.355 e. The lowest BCUT2D eigenvalue weighted by Crippen LogP contribution is -2.44. The van der Waals surface area contributed by atoms with Crippen molar-refractivity contribution in [2.75, 3.05) is 6.54 Å². The van der Waals surface area contributed by atoms with Crippen LogP contribution in [-0.2, 0) is 14.8 Å². The third-order valence-corrected chi connectivity index (χ3v) is 4.94. The van der Waals surface area contributed by atoms with Crippen molar-refractivity contribution in [2.24, 2.45) is 0 Å². The van der Waals surface area contributed by atoms with Crippen molar-refractivity contribution >= 4 is 15.9 Å². The summed E-state index contributed by atoms with van der Waals surface area (Å²) < 4.78 is 26.8. The van der Waals surface area contributed by atoms with E-state index in [9.17, 15) is 13.2 Å². The molecule has 0 aromatic heterocycles. The average Bonchev–Trinajstić information content (AvgIpc) is 2.46. The number of sulfonamides is 1. The molecule has 1 aromatic carbocycles. The molecule has 2 N–H and O–H groups in total. The summed E-state index contributed by atoms with van der Waals surface area (Å²) in [6.45, 7) is 6.14. The molecule has 1 rings (SSSR count). The van der Waals surface area contributed by atoms with Crippen molar-refractivity contribution in [3.05, 3.63) is 29.8 Å². The Morgan fingerprint density at radius 2 is 1.77 bits per heavy atom. The fraction of sp³-hybridized carbons (Fsp3) is 0.562. The molecule has 0 aliphatic rings. The third-order valence-electron chi connectivity index (χ3n) is 3.39. The smallest absolute Gasteiger partial charge is 0.241 e. The molecule has 0 saturated heterocycles. The van der Waals surface area contributed by atoms with Gasteiger partial charge in [0.1, 0.15) is 0 Å². The fourth-order valence-electron chi connectivity index (χ4n) is 1.99. The Morgan fingerprint density at radius 3 is 2.36 bits per heavy atom. The summed E-state index contributed by atoms with van der Waals surface area (Å²) in [5.74, 6) is -0.299. The van der Waals surface area contributed by atoms with Crippen LogP contribution in [0.1, 0.15) is 45.1 Å². The van der Waals surface area contributed by atoms with Crippen molar-refractivity contribution in [1.82, 2.24) is 10.0 Å². The van der Waals surface area contributed by atoms with Crippen molar-refractivity contribution in [1.29, 1.82) is 0 Å². The Bertz CT molecular complexity index is 568. The van der Waals surface area contributed by atoms with Gasteiger partial charge in [0.25, 0.3) is 0 Å². The first kappa shape index (κ1) is 18.6. The Kier molecular flexibility index (Phi) is 7.55. The summed E-state index contributed by atoms with van der Waals surface area (Å²) in [6, 6.07) is 5.73. The molecule has 0 spiro atoms. The maximum absolute atomic E-state index is 12.2. The summed E-state index contributed by atoms with van der Waals surface area (Å²) in [5.41, 5.74) is 0.983. The molecule has 0 heterocycles. The zero-order chi connectivity index (χ0) is 16.6. The second kappa shape index (κ2) is 8.90. The van der Waals surface area contributed by atoms with E-state index in [0.717, 1.165) is 31.2 Å². The number of amides is 1. The van der Waals surface area contributed by atoms with Crippen molar-refractivity contribution in [2.45, 2.75) is 57.4 Å². The van der Waals surface area contributed by atoms with E-state index in [4.69, 9.17) is 0 Å². The second-order valence-electron chi connectivity index (χ2n) is 5.51. The van der Waals surface area contributed by atoms with Gasteiger partial charge < -0.3 is 5.32 Å². The van der Waals surface area contributed by atoms with E-state index in [-0.39, 0.29) is 10.8 Å². The maximum atomic E-state index is 12.2. The normalized spacial score (nSPS) is 12.9. The lowest BCUT2D eigenvalue weighted by Gasteiger charge is -2.14. The van der Waals surface area contributed by atoms with E-state index in [1.54, 1.807) is 19.1 Å². The van der Waals surface area contributed by atoms with Crippen LogP contribution < -0.4 is 10.0 Å². The Hall–Kier alpha value is -1.40. The van der Waals surface area contributed by atoms with Crippen molar-refractivity contribution in [3.8, 4) is 0 Å². The van der Waals surface area contributed by atoms with Gasteiger partial charge in [0.15, 0.2) is 0 Å². The van der Waals surface area contributed by atoms with Gasteiger partial charge in [-0.1, -0.05) is 43.9 Å². The number of rotatable bonds is 9. The average molecular weight is 326 g/mol. The zero-order valence-corrected chi connectivity index (χ0v) is 14.4. The number of hydrogen-bond acceptors (Lipinski definition) is 3. The first-order valence-electron chi connectivity index (χ1n) is 7.73. The first-order chi connectivity index (χ1) is 10.4. The molecule has 0 fully saturated rings. The minimum Gasteiger partial charge on any atom is -0.355 e. The Morgan fingerprint density at radius 1 is 1.14 bits per heavy atom. The topological polar surface area (TPSA) is 75.3 Å². The van der Waals surface area contributed by atoms with Gasteiger partial charge >= 0.3 is 0 Å². The standard InChI is InChI=1S/C16H26N2O3S/c1-4-5-6-7-12-17-16(19)14(3)18-22(20,21)15-10-8-13(2)9-11-15/h8-11,14,18H,4-7,12H2,1-3H3,(H,17,19). The molecular formula is C16H26N2O3S. The molecule has 1 unspecified atom stereocenters. The van der Waals surface area contributed by atoms with Crippen LogP contribution in [0.4, 0.5) is 0 Å². The van der Waals surface area contributed by atoms with Crippen LogP contribution >= 0.6 is 0 Å². The van der Waals surface area contributed by atoms with Crippen LogP contribution in [-0.4, -0.2) is 26.9 Å². The summed E-state index contributed by atoms with van der Waals surface area (Å²) in [4.78, 5) is 12.1. The van der Waals surface area contributed by atoms with E-state index in [1.165, 1.54) is 12.1 Å². The molecule has 5 nitrogen and oxygen atoms in total. The third kappa shape index (κ3) is 6.15. The van der Waals surface area contributed by atoms with Gasteiger partial charge in [-0.15, -0.1) is 0 Å². The second-order valence-corrected chi connectivity index (χ2v) is 7.22. The Labute approximate surface area is 133 Å². The molecule has 1 amide bonds. The van der Waals surface area contributed by atoms with Crippen molar-refractivity contribution in [3.63, 3.8) is 0 Å². The summed E-state index contributed by atoms with van der Waals surface area (Å²) >= 11 is 0. The lowest BCUT2D eigenvalue weighted by molar-refractivity contribution is -0.122. The Balaban J connectivity index is 2.50. The summed E-state index contributed by atoms with van der Waals surface area (Å²) in [6.07, 6.45) is 4.27. The maximum Gasteiger partial charge on any atom is 0.241 e. The van der Waals surface area contributed by atoms with E-state index < -0.39 is 16.1 Å². The number of carbonyl (C=O) groups is 1. The van der Waals surface area contributed by atoms with Crippen LogP contribution in [0.3, 0.4) is 0 Å². The van der Waals surface area contributed by atoms with Crippen LogP contribution in [0.2, 0.25) is 0 Å². The number of benzene rings is 1. The van der Waals surface area contributed by atoms with Crippen LogP contribution in [0, 0.1) is 6.92 Å². The summed E-state index contributed by atoms with van der Waals surface area (Å²) in [5, 5.41) is 2.76. The molecule has 124 valence electrons. The number of aryl methyl sites for hydroxylation is 1. The van der Waals surface area contributed by atoms with Crippen LogP contribution in [0.25, 0.3) is 0 Å². The van der Waals surface area contributed by atoms with Crippen LogP contribution in [0.5, 0.6) is 0 Å². The minimum atomic E-state index is -3.67. The molecule has 0 aliphatic carbocycles. The molecule has 0 radical (unpaired) electrons. The van der Waals surface area contributed by atoms with Crippen molar-refractivity contribution < 1.29 is 13.2 Å². The monoisotopic (exact) mass is 326 g/mol. The molecule has 6 heteroatoms. The van der Waals surface area contributed by atoms with E-state index in [0.29, 0.717) is 6.54 Å². The first-order valence-corrected chi connectivity index (χ1v) is 9.22. The highest BCUT2D eigenvalue weighted by Crippen LogP contribution is 2.10. The predicted molar refractivity (Wildman–Crippen MR) is 88.1 cm³/mol. The molecule has 0 saturated carbocycles. The number of carbonyl (C=O) groups excluding carboxylic acids is 1. The number of unbranched alkanes of at least 4 members (excludes halogenated alkanes) is 3. The van der Waals surface area contributed by atoms with E-state index in [2.05, 4.69) is 17.0 Å². The number of hydrogen-bond donors (Lipinski definition) is 2. The highest BCUT2D eigenvalue weighted by molar-refractivity contribution is 7.89. The van der Waals surface area contributed by atoms with Gasteiger partial charge in [-0.25, -0.2) is 8.42 Å². The summed E-state index contributed by atoms with van der Waals surface area (Å²) in [7, 11) is -3.67. The molecule has 1 aromatic rings. The minimum absolute atomic E-state index is 0.167. The van der Waals surface area contributed by atoms with Crippen LogP contribution in [0.15, 0.2) is 29.2 Å². The SMILES string of the molecule is CCCCCCNC(=O)C(C)NS(=O)(=O)c1ccc(C)cc1. The number of nitrogens with one attached hydrogen (secondary N) is 2. The molecule has 22 heavy (non-hydrogen) atoms. The highest BCUT2D eigenvalue weighted by atomic mass is 32.2. The molecule has 0 bridgehead atoms. The molecule has 0 aliphatic heterocycles. The molecular weight excluding hydrogens is 300 g/mol. The van der Waals surface area contributed by atoms with Gasteiger partial charge in [0.05, 0.1) is 10.9 Å². The predicted octanol–water partition coefficient (Wildman–Crippen LogP) is 2.36. The zero-order valence-electron chi connectivity index (χ0n) is 13.6. The van der Waals surface area contributed by atoms with E-state index >= 15 is 0 Å². The highest BCUT2D eigenvalue weighted by Gasteiger charge is 2.21. The quantitative estimate of drug-likeness (QED) is 0.684. The van der Waals surface area contributed by atoms with Gasteiger partial charge in [-0.3, -0.25) is 4.79 Å². The van der Waals surface area contributed by atoms with Gasteiger partial charge in [0.2, 0.25) is 15.9 Å². The fourth-order valence-corrected chi connectivity index (χ4v) is 3.19. The van der Waals surface area contributed by atoms with Gasteiger partial charge in [0, 0.05) is 6.54 Å². The molecule has 1 atom stereocenters. The van der Waals surface area contributed by atoms with E-state index in [1.807, 2.05) is 6.92 Å². The van der Waals surface area contributed by atoms with Gasteiger partial charge in [-0.05, 0) is 32.4 Å².